The van der Waals surface area contributed by atoms with Crippen molar-refractivity contribution in [2.45, 2.75) is 169 Å². The second kappa shape index (κ2) is 32.5. The maximum atomic E-state index is 14.4. The summed E-state index contributed by atoms with van der Waals surface area (Å²) in [4.78, 5) is 154. The number of amides is 10. The molecule has 1 aliphatic heterocycles. The minimum Gasteiger partial charge on any atom is -0.481 e. The molecule has 0 radical (unpaired) electrons. The van der Waals surface area contributed by atoms with Crippen molar-refractivity contribution in [1.29, 1.82) is 0 Å². The molecule has 12 N–H and O–H groups in total. The number of nitrogens with one attached hydrogen (secondary N) is 7. The molecule has 0 aromatic carbocycles. The first-order valence-electron chi connectivity index (χ1n) is 25.4. The van der Waals surface area contributed by atoms with Crippen molar-refractivity contribution >= 4 is 71.0 Å². The Morgan fingerprint density at radius 3 is 1.85 bits per heavy atom. The molecule has 1 unspecified atom stereocenters. The van der Waals surface area contributed by atoms with Gasteiger partial charge in [0, 0.05) is 47.1 Å². The van der Waals surface area contributed by atoms with Crippen LogP contribution >= 0.6 is 0 Å². The van der Waals surface area contributed by atoms with E-state index in [2.05, 4.69) is 42.2 Å². The molecule has 1 aliphatic rings. The lowest BCUT2D eigenvalue weighted by molar-refractivity contribution is -0.145. The van der Waals surface area contributed by atoms with E-state index in [4.69, 9.17) is 11.5 Å². The molecule has 0 aromatic rings. The smallest absolute Gasteiger partial charge is 0.303 e. The van der Waals surface area contributed by atoms with E-state index in [1.165, 1.54) is 25.9 Å². The summed E-state index contributed by atoms with van der Waals surface area (Å²) in [6.45, 7) is 15.1. The van der Waals surface area contributed by atoms with E-state index in [0.29, 0.717) is 38.6 Å². The number of rotatable bonds is 32. The van der Waals surface area contributed by atoms with Crippen LogP contribution in [-0.4, -0.2) is 180 Å². The number of nitrogens with zero attached hydrogens (tertiary/aromatic N) is 4. The molecule has 25 heteroatoms. The number of aliphatic carboxylic acids is 1. The summed E-state index contributed by atoms with van der Waals surface area (Å²) in [6.07, 6.45) is 1.63. The Morgan fingerprint density at radius 2 is 1.30 bits per heavy atom. The summed E-state index contributed by atoms with van der Waals surface area (Å²) in [7, 11) is 2.69. The van der Waals surface area contributed by atoms with Gasteiger partial charge in [-0.2, -0.15) is 0 Å². The zero-order valence-electron chi connectivity index (χ0n) is 44.8. The molecule has 10 amide bonds. The molecule has 25 nitrogen and oxygen atoms in total. The SMILES string of the molecule is CCC[C@H](NC(=O)[C@H](CCC(=O)O)N(C)C(=O)[C@H](NC(=O)[C@@H](NC(=O)CNC(=O)CN(C)C(C)=O)C(C)C)C(C)CC)C(=O)N[C@H](C(=O)N[C@@H](CCCN=C(N)N)C(=O)N1CCC[C@H]1C(=O)NCC)[C@@H](C)CC. The van der Waals surface area contributed by atoms with Crippen LogP contribution in [0.15, 0.2) is 4.99 Å². The molecule has 9 atom stereocenters. The topological polar surface area (TPSA) is 366 Å². The van der Waals surface area contributed by atoms with Gasteiger partial charge in [0.15, 0.2) is 5.96 Å². The van der Waals surface area contributed by atoms with Gasteiger partial charge in [-0.05, 0) is 63.2 Å². The summed E-state index contributed by atoms with van der Waals surface area (Å²) in [5, 5.41) is 28.3. The quantitative estimate of drug-likeness (QED) is 0.0207. The average molecular weight is 1040 g/mol. The molecule has 0 bridgehead atoms. The van der Waals surface area contributed by atoms with Crippen LogP contribution in [0.4, 0.5) is 0 Å². The normalized spacial score (nSPS) is 16.4. The first-order chi connectivity index (χ1) is 34.3. The van der Waals surface area contributed by atoms with Crippen LogP contribution in [0.3, 0.4) is 0 Å². The van der Waals surface area contributed by atoms with Crippen LogP contribution in [0.25, 0.3) is 0 Å². The van der Waals surface area contributed by atoms with E-state index in [-0.39, 0.29) is 56.7 Å². The number of nitrogens with two attached hydrogens (primary N) is 2. The minimum atomic E-state index is -1.47. The van der Waals surface area contributed by atoms with Crippen molar-refractivity contribution in [2.75, 3.05) is 46.8 Å². The Labute approximate surface area is 429 Å². The highest BCUT2D eigenvalue weighted by molar-refractivity contribution is 5.98. The molecule has 0 saturated carbocycles. The molecule has 1 rings (SSSR count). The lowest BCUT2D eigenvalue weighted by atomic mass is 9.95. The Balaban J connectivity index is 3.46. The van der Waals surface area contributed by atoms with E-state index in [1.54, 1.807) is 55.4 Å². The summed E-state index contributed by atoms with van der Waals surface area (Å²) < 4.78 is 0. The third kappa shape index (κ3) is 21.6. The summed E-state index contributed by atoms with van der Waals surface area (Å²) in [5.74, 6) is -9.30. The van der Waals surface area contributed by atoms with E-state index >= 15 is 0 Å². The number of aliphatic imine (C=N–C) groups is 1. The third-order valence-electron chi connectivity index (χ3n) is 12.9. The second-order valence-electron chi connectivity index (χ2n) is 19.0. The monoisotopic (exact) mass is 1040 g/mol. The maximum absolute atomic E-state index is 14.4. The Morgan fingerprint density at radius 1 is 0.712 bits per heavy atom. The lowest BCUT2D eigenvalue weighted by Gasteiger charge is -2.35. The van der Waals surface area contributed by atoms with Crippen LogP contribution < -0.4 is 48.7 Å². The molecule has 0 aliphatic carbocycles. The largest absolute Gasteiger partial charge is 0.481 e. The standard InChI is InChI=1S/C48H85N13O12/c1-12-18-31(41(67)57-39(28(7)13-2)45(71)55-32(19-16-23-52-48(49)50)46(72)61-24-17-20-34(61)42(68)51-15-4)54-43(69)33(21-22-37(65)66)60(11)47(73)40(29(8)14-3)58-44(70)38(27(5)6)56-35(63)25-53-36(64)26-59(10)30(9)62/h27-29,31-34,38-40H,12-26H2,1-11H3,(H,51,68)(H,53,64)(H,54,69)(H,55,71)(H,56,63)(H,57,67)(H,58,70)(H,65,66)(H4,49,50,52)/t28-,29?,31-,32-,33-,34-,38-,39-,40+/m0/s1. The minimum absolute atomic E-state index is 0.0603. The molecule has 73 heavy (non-hydrogen) atoms. The zero-order chi connectivity index (χ0) is 55.7. The van der Waals surface area contributed by atoms with Crippen molar-refractivity contribution in [1.82, 2.24) is 51.9 Å². The first kappa shape index (κ1) is 64.5. The number of carboxylic acids is 1. The molecule has 1 heterocycles. The highest BCUT2D eigenvalue weighted by Gasteiger charge is 2.41. The van der Waals surface area contributed by atoms with Crippen molar-refractivity contribution in [2.24, 2.45) is 34.2 Å². The van der Waals surface area contributed by atoms with Gasteiger partial charge in [-0.1, -0.05) is 67.7 Å². The molecular formula is C48H85N13O12. The van der Waals surface area contributed by atoms with Crippen molar-refractivity contribution < 1.29 is 57.8 Å². The zero-order valence-corrected chi connectivity index (χ0v) is 44.8. The number of hydrogen-bond acceptors (Lipinski definition) is 12. The van der Waals surface area contributed by atoms with Gasteiger partial charge in [-0.3, -0.25) is 57.7 Å². The van der Waals surface area contributed by atoms with E-state index in [0.717, 1.165) is 9.80 Å². The van der Waals surface area contributed by atoms with Gasteiger partial charge in [0.25, 0.3) is 0 Å². The van der Waals surface area contributed by atoms with Crippen LogP contribution in [0.1, 0.15) is 127 Å². The van der Waals surface area contributed by atoms with Crippen molar-refractivity contribution in [3.05, 3.63) is 0 Å². The Bertz CT molecular complexity index is 1950. The average Bonchev–Trinajstić information content (AvgIpc) is 3.83. The molecular weight excluding hydrogens is 951 g/mol. The molecule has 1 fully saturated rings. The van der Waals surface area contributed by atoms with Crippen LogP contribution in [-0.2, 0) is 52.7 Å². The second-order valence-corrected chi connectivity index (χ2v) is 19.0. The number of carbonyl (C=O) groups excluding carboxylic acids is 10. The molecule has 1 saturated heterocycles. The van der Waals surface area contributed by atoms with Crippen LogP contribution in [0.2, 0.25) is 0 Å². The van der Waals surface area contributed by atoms with Crippen molar-refractivity contribution in [3.63, 3.8) is 0 Å². The number of guanidine groups is 1. The third-order valence-corrected chi connectivity index (χ3v) is 12.9. The number of likely N-dealkylation sites (tertiary alicyclic amines) is 1. The highest BCUT2D eigenvalue weighted by Crippen LogP contribution is 2.21. The van der Waals surface area contributed by atoms with E-state index < -0.39 is 133 Å². The fraction of sp³-hybridized carbons (Fsp3) is 0.750. The molecule has 414 valence electrons. The van der Waals surface area contributed by atoms with Gasteiger partial charge in [-0.25, -0.2) is 0 Å². The van der Waals surface area contributed by atoms with Crippen molar-refractivity contribution in [3.8, 4) is 0 Å². The lowest BCUT2D eigenvalue weighted by Crippen LogP contribution is -2.61. The highest BCUT2D eigenvalue weighted by atomic mass is 16.4. The van der Waals surface area contributed by atoms with Crippen LogP contribution in [0.5, 0.6) is 0 Å². The van der Waals surface area contributed by atoms with Gasteiger partial charge < -0.3 is 68.5 Å². The van der Waals surface area contributed by atoms with Gasteiger partial charge in [-0.15, -0.1) is 0 Å². The Kier molecular flexibility index (Phi) is 28.7. The predicted molar refractivity (Wildman–Crippen MR) is 271 cm³/mol. The fourth-order valence-corrected chi connectivity index (χ4v) is 7.98. The van der Waals surface area contributed by atoms with E-state index in [1.807, 2.05) is 0 Å². The molecule has 0 aromatic heterocycles. The summed E-state index contributed by atoms with van der Waals surface area (Å²) in [6, 6.07) is -8.30. The van der Waals surface area contributed by atoms with Gasteiger partial charge in [0.2, 0.25) is 59.1 Å². The number of likely N-dealkylation sites (N-methyl/N-ethyl adjacent to an activating group) is 3. The maximum Gasteiger partial charge on any atom is 0.303 e. The molecule has 0 spiro atoms. The van der Waals surface area contributed by atoms with Crippen LogP contribution in [0, 0.1) is 17.8 Å². The predicted octanol–water partition coefficient (Wildman–Crippen LogP) is -1.57. The number of carbonyl (C=O) groups is 11. The summed E-state index contributed by atoms with van der Waals surface area (Å²) >= 11 is 0. The number of hydrogen-bond donors (Lipinski definition) is 10. The fourth-order valence-electron chi connectivity index (χ4n) is 7.98. The van der Waals surface area contributed by atoms with Gasteiger partial charge in [0.1, 0.15) is 42.3 Å². The summed E-state index contributed by atoms with van der Waals surface area (Å²) in [5.41, 5.74) is 11.0. The van der Waals surface area contributed by atoms with Gasteiger partial charge in [0.05, 0.1) is 13.1 Å². The Hall–Kier alpha value is -6.56. The number of carboxylic acid groups (broad SMARTS) is 1. The first-order valence-corrected chi connectivity index (χ1v) is 25.4. The van der Waals surface area contributed by atoms with E-state index in [9.17, 15) is 57.8 Å². The van der Waals surface area contributed by atoms with Gasteiger partial charge >= 0.3 is 5.97 Å².